The van der Waals surface area contributed by atoms with E-state index < -0.39 is 0 Å². The molecule has 3 heteroatoms. The van der Waals surface area contributed by atoms with Crippen LogP contribution in [-0.4, -0.2) is 12.5 Å². The molecule has 2 rings (SSSR count). The molecule has 0 aliphatic rings. The van der Waals surface area contributed by atoms with Crippen LogP contribution in [0.4, 0.5) is 5.69 Å². The Labute approximate surface area is 138 Å². The number of para-hydroxylation sites is 1. The highest BCUT2D eigenvalue weighted by atomic mass is 16.5. The first-order valence-electron chi connectivity index (χ1n) is 8.18. The third kappa shape index (κ3) is 5.13. The summed E-state index contributed by atoms with van der Waals surface area (Å²) in [6.07, 6.45) is 1.38. The van der Waals surface area contributed by atoms with Gasteiger partial charge in [-0.3, -0.25) is 4.79 Å². The predicted molar refractivity (Wildman–Crippen MR) is 95.1 cm³/mol. The minimum atomic E-state index is -0.0205. The van der Waals surface area contributed by atoms with Crippen LogP contribution in [0.15, 0.2) is 48.5 Å². The lowest BCUT2D eigenvalue weighted by Gasteiger charge is -2.15. The molecule has 1 atom stereocenters. The number of nitrogens with one attached hydrogen (secondary N) is 1. The number of rotatable bonds is 7. The van der Waals surface area contributed by atoms with E-state index in [4.69, 9.17) is 4.74 Å². The van der Waals surface area contributed by atoms with Gasteiger partial charge in [-0.25, -0.2) is 0 Å². The van der Waals surface area contributed by atoms with E-state index in [2.05, 4.69) is 25.2 Å². The molecule has 2 aromatic rings. The highest BCUT2D eigenvalue weighted by Crippen LogP contribution is 2.26. The fraction of sp³-hybridized carbons (Fsp3) is 0.350. The lowest BCUT2D eigenvalue weighted by molar-refractivity contribution is -0.116. The maximum Gasteiger partial charge on any atom is 0.227 e. The van der Waals surface area contributed by atoms with Gasteiger partial charge in [0.1, 0.15) is 5.75 Å². The Balaban J connectivity index is 1.86. The van der Waals surface area contributed by atoms with E-state index in [1.54, 1.807) is 0 Å². The number of amides is 1. The van der Waals surface area contributed by atoms with E-state index in [1.165, 1.54) is 11.1 Å². The van der Waals surface area contributed by atoms with Crippen LogP contribution in [0.25, 0.3) is 0 Å². The molecule has 0 aromatic heterocycles. The molecule has 0 spiro atoms. The normalized spacial score (nSPS) is 11.8. The zero-order valence-electron chi connectivity index (χ0n) is 14.1. The molecule has 1 unspecified atom stereocenters. The van der Waals surface area contributed by atoms with Crippen molar-refractivity contribution in [2.45, 2.75) is 39.5 Å². The van der Waals surface area contributed by atoms with Gasteiger partial charge in [-0.1, -0.05) is 49.7 Å². The highest BCUT2D eigenvalue weighted by Gasteiger charge is 2.11. The summed E-state index contributed by atoms with van der Waals surface area (Å²) < 4.78 is 5.61. The summed E-state index contributed by atoms with van der Waals surface area (Å²) in [7, 11) is 0. The molecule has 0 heterocycles. The maximum atomic E-state index is 12.1. The number of carbonyl (C=O) groups excluding carboxylic acids is 1. The van der Waals surface area contributed by atoms with Gasteiger partial charge in [-0.15, -0.1) is 0 Å². The van der Waals surface area contributed by atoms with Gasteiger partial charge in [0.05, 0.1) is 13.0 Å². The summed E-state index contributed by atoms with van der Waals surface area (Å²) in [4.78, 5) is 12.1. The van der Waals surface area contributed by atoms with Crippen molar-refractivity contribution >= 4 is 11.6 Å². The summed E-state index contributed by atoms with van der Waals surface area (Å²) in [5, 5.41) is 3.00. The van der Waals surface area contributed by atoms with Gasteiger partial charge >= 0.3 is 0 Å². The second kappa shape index (κ2) is 8.37. The minimum absolute atomic E-state index is 0.0205. The first-order valence-corrected chi connectivity index (χ1v) is 8.18. The Morgan fingerprint density at radius 3 is 2.52 bits per heavy atom. The third-order valence-corrected chi connectivity index (χ3v) is 4.00. The first kappa shape index (κ1) is 17.1. The summed E-state index contributed by atoms with van der Waals surface area (Å²) >= 11 is 0. The van der Waals surface area contributed by atoms with Crippen molar-refractivity contribution in [2.24, 2.45) is 0 Å². The molecular formula is C20H25NO2. The zero-order chi connectivity index (χ0) is 16.7. The quantitative estimate of drug-likeness (QED) is 0.788. The predicted octanol–water partition coefficient (Wildman–Crippen LogP) is 4.92. The molecule has 1 N–H and O–H groups in total. The van der Waals surface area contributed by atoms with Crippen molar-refractivity contribution in [2.75, 3.05) is 11.9 Å². The maximum absolute atomic E-state index is 12.1. The minimum Gasteiger partial charge on any atom is -0.493 e. The van der Waals surface area contributed by atoms with Crippen LogP contribution in [0.3, 0.4) is 0 Å². The van der Waals surface area contributed by atoms with Crippen LogP contribution in [0.5, 0.6) is 5.75 Å². The van der Waals surface area contributed by atoms with Crippen molar-refractivity contribution in [3.63, 3.8) is 0 Å². The Morgan fingerprint density at radius 2 is 1.83 bits per heavy atom. The Hall–Kier alpha value is -2.29. The van der Waals surface area contributed by atoms with E-state index in [0.717, 1.165) is 17.9 Å². The van der Waals surface area contributed by atoms with E-state index >= 15 is 0 Å². The number of ether oxygens (including phenoxy) is 1. The number of anilines is 1. The molecule has 3 nitrogen and oxygen atoms in total. The molecule has 0 saturated heterocycles. The number of hydrogen-bond donors (Lipinski definition) is 1. The van der Waals surface area contributed by atoms with E-state index in [-0.39, 0.29) is 5.91 Å². The molecule has 23 heavy (non-hydrogen) atoms. The monoisotopic (exact) mass is 311 g/mol. The first-order chi connectivity index (χ1) is 11.1. The fourth-order valence-electron chi connectivity index (χ4n) is 2.37. The average molecular weight is 311 g/mol. The van der Waals surface area contributed by atoms with Gasteiger partial charge < -0.3 is 10.1 Å². The van der Waals surface area contributed by atoms with Gasteiger partial charge in [0.25, 0.3) is 0 Å². The van der Waals surface area contributed by atoms with E-state index in [9.17, 15) is 4.79 Å². The molecule has 0 fully saturated rings. The van der Waals surface area contributed by atoms with Crippen LogP contribution in [0, 0.1) is 6.92 Å². The number of benzene rings is 2. The summed E-state index contributed by atoms with van der Waals surface area (Å²) in [6.45, 7) is 6.73. The van der Waals surface area contributed by atoms with E-state index in [0.29, 0.717) is 18.9 Å². The van der Waals surface area contributed by atoms with Crippen molar-refractivity contribution in [1.82, 2.24) is 0 Å². The third-order valence-electron chi connectivity index (χ3n) is 4.00. The Kier molecular flexibility index (Phi) is 6.21. The van der Waals surface area contributed by atoms with Crippen LogP contribution >= 0.6 is 0 Å². The molecule has 122 valence electrons. The molecule has 0 aliphatic carbocycles. The fourth-order valence-corrected chi connectivity index (χ4v) is 2.37. The van der Waals surface area contributed by atoms with Gasteiger partial charge in [0.15, 0.2) is 0 Å². The Morgan fingerprint density at radius 1 is 1.13 bits per heavy atom. The van der Waals surface area contributed by atoms with Gasteiger partial charge in [-0.2, -0.15) is 0 Å². The molecule has 0 saturated carbocycles. The summed E-state index contributed by atoms with van der Waals surface area (Å²) in [6, 6.07) is 15.8. The Bertz CT molecular complexity index is 634. The van der Waals surface area contributed by atoms with Crippen LogP contribution in [0.1, 0.15) is 43.7 Å². The topological polar surface area (TPSA) is 38.3 Å². The van der Waals surface area contributed by atoms with Crippen LogP contribution in [0.2, 0.25) is 0 Å². The highest BCUT2D eigenvalue weighted by molar-refractivity contribution is 5.91. The lowest BCUT2D eigenvalue weighted by atomic mass is 9.97. The van der Waals surface area contributed by atoms with Crippen molar-refractivity contribution in [3.8, 4) is 5.75 Å². The van der Waals surface area contributed by atoms with Crippen LogP contribution < -0.4 is 10.1 Å². The second-order valence-electron chi connectivity index (χ2n) is 5.86. The zero-order valence-corrected chi connectivity index (χ0v) is 14.1. The largest absolute Gasteiger partial charge is 0.493 e. The lowest BCUT2D eigenvalue weighted by Crippen LogP contribution is -2.16. The summed E-state index contributed by atoms with van der Waals surface area (Å²) in [5.41, 5.74) is 3.28. The summed E-state index contributed by atoms with van der Waals surface area (Å²) in [5.74, 6) is 1.20. The average Bonchev–Trinajstić information content (AvgIpc) is 2.56. The standard InChI is InChI=1S/C20H25NO2/c1-4-16(3)18-7-5-6-8-19(18)21-20(22)13-14-23-17-11-9-15(2)10-12-17/h5-12,16H,4,13-14H2,1-3H3,(H,21,22). The van der Waals surface area contributed by atoms with Gasteiger partial charge in [0.2, 0.25) is 5.91 Å². The number of carbonyl (C=O) groups is 1. The van der Waals surface area contributed by atoms with Gasteiger partial charge in [-0.05, 0) is 43.0 Å². The SMILES string of the molecule is CCC(C)c1ccccc1NC(=O)CCOc1ccc(C)cc1. The number of aryl methyl sites for hydroxylation is 1. The van der Waals surface area contributed by atoms with Crippen molar-refractivity contribution < 1.29 is 9.53 Å². The number of hydrogen-bond acceptors (Lipinski definition) is 2. The molecule has 0 radical (unpaired) electrons. The molecular weight excluding hydrogens is 286 g/mol. The van der Waals surface area contributed by atoms with Crippen molar-refractivity contribution in [3.05, 3.63) is 59.7 Å². The molecule has 0 aliphatic heterocycles. The van der Waals surface area contributed by atoms with Crippen LogP contribution in [-0.2, 0) is 4.79 Å². The smallest absolute Gasteiger partial charge is 0.227 e. The molecule has 2 aromatic carbocycles. The van der Waals surface area contributed by atoms with Gasteiger partial charge in [0, 0.05) is 5.69 Å². The molecule has 1 amide bonds. The van der Waals surface area contributed by atoms with E-state index in [1.807, 2.05) is 49.4 Å². The second-order valence-corrected chi connectivity index (χ2v) is 5.86. The molecule has 0 bridgehead atoms. The van der Waals surface area contributed by atoms with Crippen molar-refractivity contribution in [1.29, 1.82) is 0 Å².